The number of H-pyrrole nitrogens is 1. The quantitative estimate of drug-likeness (QED) is 0.841. The summed E-state index contributed by atoms with van der Waals surface area (Å²) in [7, 11) is 1.60. The molecule has 0 bridgehead atoms. The molecule has 0 saturated carbocycles. The summed E-state index contributed by atoms with van der Waals surface area (Å²) in [5, 5.41) is 0. The van der Waals surface area contributed by atoms with Crippen molar-refractivity contribution in [2.24, 2.45) is 0 Å². The van der Waals surface area contributed by atoms with Crippen LogP contribution in [0.4, 0.5) is 0 Å². The second-order valence-electron chi connectivity index (χ2n) is 4.10. The van der Waals surface area contributed by atoms with Crippen LogP contribution in [-0.4, -0.2) is 24.7 Å². The molecule has 1 aromatic heterocycles. The summed E-state index contributed by atoms with van der Waals surface area (Å²) in [6.45, 7) is 2.03. The molecule has 0 aliphatic rings. The molecule has 2 rings (SSSR count). The third-order valence-corrected chi connectivity index (χ3v) is 3.59. The van der Waals surface area contributed by atoms with Crippen LogP contribution in [0.15, 0.2) is 29.1 Å². The molecule has 1 N–H and O–H groups in total. The van der Waals surface area contributed by atoms with Gasteiger partial charge in [-0.3, -0.25) is 4.79 Å². The number of carbonyl (C=O) groups is 1. The Labute approximate surface area is 125 Å². The SMILES string of the molecule is CCOC(=O)/C=c1/[nH]c(=O)/c(=C/c2ccc(OC)cc2)s1. The highest BCUT2D eigenvalue weighted by Gasteiger charge is 1.99. The van der Waals surface area contributed by atoms with E-state index < -0.39 is 5.97 Å². The van der Waals surface area contributed by atoms with Crippen LogP contribution in [0, 0.1) is 0 Å². The van der Waals surface area contributed by atoms with Gasteiger partial charge in [-0.15, -0.1) is 11.3 Å². The van der Waals surface area contributed by atoms with Gasteiger partial charge in [-0.25, -0.2) is 4.79 Å². The van der Waals surface area contributed by atoms with E-state index in [0.717, 1.165) is 11.3 Å². The molecule has 0 saturated heterocycles. The first-order chi connectivity index (χ1) is 10.1. The number of benzene rings is 1. The summed E-state index contributed by atoms with van der Waals surface area (Å²) in [5.41, 5.74) is 0.650. The van der Waals surface area contributed by atoms with Gasteiger partial charge in [0.2, 0.25) is 0 Å². The Morgan fingerprint density at radius 1 is 1.33 bits per heavy atom. The van der Waals surface area contributed by atoms with E-state index >= 15 is 0 Å². The van der Waals surface area contributed by atoms with Crippen LogP contribution in [0.3, 0.4) is 0 Å². The first kappa shape index (κ1) is 15.1. The standard InChI is InChI=1S/C15H15NO4S/c1-3-20-14(17)9-13-16-15(18)12(21-13)8-10-4-6-11(19-2)7-5-10/h4-9H,3H2,1-2H3,(H,16,18)/b12-8-,13-9-. The van der Waals surface area contributed by atoms with Gasteiger partial charge in [-0.05, 0) is 30.7 Å². The van der Waals surface area contributed by atoms with Crippen LogP contribution in [0.25, 0.3) is 12.2 Å². The lowest BCUT2D eigenvalue weighted by atomic mass is 10.2. The predicted octanol–water partition coefficient (Wildman–Crippen LogP) is 0.617. The van der Waals surface area contributed by atoms with Crippen LogP contribution >= 0.6 is 11.3 Å². The predicted molar refractivity (Wildman–Crippen MR) is 81.8 cm³/mol. The van der Waals surface area contributed by atoms with Crippen LogP contribution in [0.2, 0.25) is 0 Å². The van der Waals surface area contributed by atoms with Crippen molar-refractivity contribution in [2.45, 2.75) is 6.92 Å². The van der Waals surface area contributed by atoms with Gasteiger partial charge in [0.25, 0.3) is 5.56 Å². The van der Waals surface area contributed by atoms with Crippen molar-refractivity contribution in [3.05, 3.63) is 49.4 Å². The molecule has 0 fully saturated rings. The van der Waals surface area contributed by atoms with Crippen LogP contribution in [-0.2, 0) is 9.53 Å². The zero-order valence-corrected chi connectivity index (χ0v) is 12.5. The molecule has 0 radical (unpaired) electrons. The lowest BCUT2D eigenvalue weighted by Crippen LogP contribution is -2.20. The van der Waals surface area contributed by atoms with Crippen molar-refractivity contribution >= 4 is 29.5 Å². The number of aromatic nitrogens is 1. The van der Waals surface area contributed by atoms with E-state index in [2.05, 4.69) is 4.98 Å². The summed E-state index contributed by atoms with van der Waals surface area (Å²) < 4.78 is 10.9. The average Bonchev–Trinajstić information content (AvgIpc) is 2.79. The molecule has 21 heavy (non-hydrogen) atoms. The van der Waals surface area contributed by atoms with E-state index in [1.807, 2.05) is 24.3 Å². The Hall–Kier alpha value is -2.34. The molecule has 0 atom stereocenters. The number of hydrogen-bond acceptors (Lipinski definition) is 5. The third kappa shape index (κ3) is 4.06. The van der Waals surface area contributed by atoms with Gasteiger partial charge in [0.15, 0.2) is 0 Å². The molecular formula is C15H15NO4S. The molecule has 1 heterocycles. The van der Waals surface area contributed by atoms with Crippen LogP contribution in [0.1, 0.15) is 12.5 Å². The molecule has 1 aromatic carbocycles. The number of rotatable bonds is 4. The summed E-state index contributed by atoms with van der Waals surface area (Å²) in [6.07, 6.45) is 3.03. The smallest absolute Gasteiger partial charge is 0.333 e. The van der Waals surface area contributed by atoms with E-state index in [0.29, 0.717) is 15.8 Å². The fraction of sp³-hybridized carbons (Fsp3) is 0.200. The molecule has 0 aliphatic carbocycles. The third-order valence-electron chi connectivity index (χ3n) is 2.63. The normalized spacial score (nSPS) is 12.5. The summed E-state index contributed by atoms with van der Waals surface area (Å²) in [4.78, 5) is 25.8. The Balaban J connectivity index is 2.36. The van der Waals surface area contributed by atoms with Gasteiger partial charge in [-0.2, -0.15) is 0 Å². The Kier molecular flexibility index (Phi) is 4.94. The monoisotopic (exact) mass is 305 g/mol. The van der Waals surface area contributed by atoms with Gasteiger partial charge in [0.05, 0.1) is 24.3 Å². The summed E-state index contributed by atoms with van der Waals surface area (Å²) in [6, 6.07) is 7.35. The van der Waals surface area contributed by atoms with Crippen molar-refractivity contribution in [2.75, 3.05) is 13.7 Å². The lowest BCUT2D eigenvalue weighted by Gasteiger charge is -1.98. The van der Waals surface area contributed by atoms with E-state index in [-0.39, 0.29) is 5.56 Å². The van der Waals surface area contributed by atoms with Gasteiger partial charge in [0, 0.05) is 0 Å². The number of aromatic amines is 1. The highest BCUT2D eigenvalue weighted by Crippen LogP contribution is 2.11. The van der Waals surface area contributed by atoms with E-state index in [4.69, 9.17) is 9.47 Å². The molecule has 0 aliphatic heterocycles. The first-order valence-corrected chi connectivity index (χ1v) is 7.17. The van der Waals surface area contributed by atoms with Crippen molar-refractivity contribution < 1.29 is 14.3 Å². The Morgan fingerprint density at radius 2 is 2.05 bits per heavy atom. The summed E-state index contributed by atoms with van der Waals surface area (Å²) in [5.74, 6) is 0.287. The molecule has 0 amide bonds. The summed E-state index contributed by atoms with van der Waals surface area (Å²) >= 11 is 1.21. The Bertz CT molecular complexity index is 786. The minimum Gasteiger partial charge on any atom is -0.497 e. The van der Waals surface area contributed by atoms with Crippen molar-refractivity contribution in [1.82, 2.24) is 4.98 Å². The van der Waals surface area contributed by atoms with Crippen molar-refractivity contribution in [3.63, 3.8) is 0 Å². The fourth-order valence-corrected chi connectivity index (χ4v) is 2.54. The van der Waals surface area contributed by atoms with E-state index in [9.17, 15) is 9.59 Å². The Morgan fingerprint density at radius 3 is 2.67 bits per heavy atom. The largest absolute Gasteiger partial charge is 0.497 e. The zero-order chi connectivity index (χ0) is 15.2. The topological polar surface area (TPSA) is 68.4 Å². The molecule has 0 spiro atoms. The van der Waals surface area contributed by atoms with Crippen molar-refractivity contribution in [1.29, 1.82) is 0 Å². The highest BCUT2D eigenvalue weighted by molar-refractivity contribution is 7.07. The maximum atomic E-state index is 11.8. The first-order valence-electron chi connectivity index (χ1n) is 6.35. The zero-order valence-electron chi connectivity index (χ0n) is 11.7. The molecule has 110 valence electrons. The highest BCUT2D eigenvalue weighted by atomic mass is 32.1. The molecule has 2 aromatic rings. The molecule has 0 unspecified atom stereocenters. The number of hydrogen-bond donors (Lipinski definition) is 1. The number of ether oxygens (including phenoxy) is 2. The number of esters is 1. The maximum absolute atomic E-state index is 11.8. The second kappa shape index (κ2) is 6.90. The fourth-order valence-electron chi connectivity index (χ4n) is 1.67. The van der Waals surface area contributed by atoms with E-state index in [1.165, 1.54) is 17.4 Å². The average molecular weight is 305 g/mol. The number of thiazole rings is 1. The van der Waals surface area contributed by atoms with Crippen molar-refractivity contribution in [3.8, 4) is 5.75 Å². The minimum atomic E-state index is -0.467. The van der Waals surface area contributed by atoms with E-state index in [1.54, 1.807) is 20.1 Å². The molecule has 6 heteroatoms. The molecule has 5 nitrogen and oxygen atoms in total. The van der Waals surface area contributed by atoms with Crippen LogP contribution < -0.4 is 19.5 Å². The maximum Gasteiger partial charge on any atom is 0.333 e. The lowest BCUT2D eigenvalue weighted by molar-refractivity contribution is -0.135. The number of methoxy groups -OCH3 is 1. The number of carbonyl (C=O) groups excluding carboxylic acids is 1. The van der Waals surface area contributed by atoms with Gasteiger partial charge < -0.3 is 14.5 Å². The van der Waals surface area contributed by atoms with Crippen LogP contribution in [0.5, 0.6) is 5.75 Å². The second-order valence-corrected chi connectivity index (χ2v) is 5.18. The van der Waals surface area contributed by atoms with Gasteiger partial charge in [-0.1, -0.05) is 12.1 Å². The number of nitrogens with one attached hydrogen (secondary N) is 1. The molecular weight excluding hydrogens is 290 g/mol. The van der Waals surface area contributed by atoms with Gasteiger partial charge in [0.1, 0.15) is 10.4 Å². The minimum absolute atomic E-state index is 0.230. The van der Waals surface area contributed by atoms with Gasteiger partial charge >= 0.3 is 5.97 Å².